The second kappa shape index (κ2) is 4.35. The fraction of sp³-hybridized carbons (Fsp3) is 0.133. The van der Waals surface area contributed by atoms with Crippen LogP contribution in [0, 0.1) is 18.3 Å². The van der Waals surface area contributed by atoms with Crippen molar-refractivity contribution in [2.24, 2.45) is 7.05 Å². The van der Waals surface area contributed by atoms with Gasteiger partial charge in [0.2, 0.25) is 0 Å². The van der Waals surface area contributed by atoms with Crippen LogP contribution in [0.15, 0.2) is 41.3 Å². The molecular formula is C15H12N4O. The van der Waals surface area contributed by atoms with Crippen molar-refractivity contribution in [3.8, 4) is 11.8 Å². The van der Waals surface area contributed by atoms with Gasteiger partial charge in [-0.2, -0.15) is 5.26 Å². The maximum Gasteiger partial charge on any atom is 0.333 e. The number of rotatable bonds is 1. The molecule has 0 N–H and O–H groups in total. The van der Waals surface area contributed by atoms with Crippen molar-refractivity contribution in [3.05, 3.63) is 58.3 Å². The van der Waals surface area contributed by atoms with Gasteiger partial charge in [-0.25, -0.2) is 4.79 Å². The number of pyridine rings is 1. The van der Waals surface area contributed by atoms with Crippen LogP contribution in [0.2, 0.25) is 0 Å². The van der Waals surface area contributed by atoms with Crippen LogP contribution < -0.4 is 5.69 Å². The number of aryl methyl sites for hydroxylation is 2. The highest BCUT2D eigenvalue weighted by molar-refractivity contribution is 5.79. The molecule has 0 atom stereocenters. The van der Waals surface area contributed by atoms with Crippen LogP contribution in [0.3, 0.4) is 0 Å². The van der Waals surface area contributed by atoms with Crippen LogP contribution in [0.4, 0.5) is 0 Å². The monoisotopic (exact) mass is 264 g/mol. The Hall–Kier alpha value is -2.87. The minimum Gasteiger partial charge on any atom is -0.295 e. The molecule has 0 radical (unpaired) electrons. The lowest BCUT2D eigenvalue weighted by atomic mass is 10.2. The highest BCUT2D eigenvalue weighted by atomic mass is 16.1. The fourth-order valence-electron chi connectivity index (χ4n) is 2.25. The largest absolute Gasteiger partial charge is 0.333 e. The molecule has 0 unspecified atom stereocenters. The molecule has 0 amide bonds. The maximum atomic E-state index is 12.4. The lowest BCUT2D eigenvalue weighted by Gasteiger charge is -2.03. The number of hydrogen-bond acceptors (Lipinski definition) is 3. The van der Waals surface area contributed by atoms with Crippen molar-refractivity contribution >= 4 is 11.0 Å². The van der Waals surface area contributed by atoms with E-state index < -0.39 is 0 Å². The zero-order valence-electron chi connectivity index (χ0n) is 11.2. The average Bonchev–Trinajstić information content (AvgIpc) is 2.72. The van der Waals surface area contributed by atoms with Crippen molar-refractivity contribution in [1.82, 2.24) is 14.1 Å². The van der Waals surface area contributed by atoms with E-state index in [0.29, 0.717) is 5.56 Å². The molecule has 0 fully saturated rings. The van der Waals surface area contributed by atoms with Crippen molar-refractivity contribution in [3.63, 3.8) is 0 Å². The summed E-state index contributed by atoms with van der Waals surface area (Å²) < 4.78 is 3.14. The second-order valence-electron chi connectivity index (χ2n) is 4.65. The molecule has 5 heteroatoms. The Bertz CT molecular complexity index is 894. The molecule has 98 valence electrons. The molecule has 20 heavy (non-hydrogen) atoms. The second-order valence-corrected chi connectivity index (χ2v) is 4.65. The van der Waals surface area contributed by atoms with E-state index in [1.807, 2.05) is 19.1 Å². The third-order valence-corrected chi connectivity index (χ3v) is 3.34. The number of nitriles is 1. The molecule has 0 saturated carbocycles. The summed E-state index contributed by atoms with van der Waals surface area (Å²) in [4.78, 5) is 16.6. The predicted octanol–water partition coefficient (Wildman–Crippen LogP) is 1.90. The standard InChI is InChI=1S/C15H12N4O/c1-10-3-5-12(9-17-10)19-13-6-4-11(8-16)7-14(13)18(2)15(19)20/h3-7,9H,1-2H3. The molecule has 2 aromatic heterocycles. The summed E-state index contributed by atoms with van der Waals surface area (Å²) in [5, 5.41) is 8.96. The maximum absolute atomic E-state index is 12.4. The first kappa shape index (κ1) is 12.2. The van der Waals surface area contributed by atoms with Gasteiger partial charge in [0, 0.05) is 12.7 Å². The summed E-state index contributed by atoms with van der Waals surface area (Å²) in [7, 11) is 1.70. The number of nitrogens with zero attached hydrogens (tertiary/aromatic N) is 4. The summed E-state index contributed by atoms with van der Waals surface area (Å²) in [5.41, 5.74) is 3.49. The molecule has 0 bridgehead atoms. The lowest BCUT2D eigenvalue weighted by molar-refractivity contribution is 0.843. The topological polar surface area (TPSA) is 63.6 Å². The van der Waals surface area contributed by atoms with E-state index in [1.54, 1.807) is 36.0 Å². The number of imidazole rings is 1. The zero-order chi connectivity index (χ0) is 14.3. The normalized spacial score (nSPS) is 10.7. The van der Waals surface area contributed by atoms with E-state index in [9.17, 15) is 4.79 Å². The number of benzene rings is 1. The summed E-state index contributed by atoms with van der Waals surface area (Å²) in [6.45, 7) is 1.90. The van der Waals surface area contributed by atoms with Gasteiger partial charge in [-0.3, -0.25) is 14.1 Å². The summed E-state index contributed by atoms with van der Waals surface area (Å²) in [5.74, 6) is 0. The number of hydrogen-bond donors (Lipinski definition) is 0. The van der Waals surface area contributed by atoms with E-state index >= 15 is 0 Å². The molecule has 0 aliphatic heterocycles. The van der Waals surface area contributed by atoms with E-state index in [1.165, 1.54) is 4.57 Å². The Balaban J connectivity index is 2.37. The molecule has 0 saturated heterocycles. The van der Waals surface area contributed by atoms with Crippen LogP contribution in [0.25, 0.3) is 16.7 Å². The van der Waals surface area contributed by atoms with Gasteiger partial charge >= 0.3 is 5.69 Å². The van der Waals surface area contributed by atoms with Gasteiger partial charge in [-0.15, -0.1) is 0 Å². The minimum absolute atomic E-state index is 0.152. The van der Waals surface area contributed by atoms with Crippen molar-refractivity contribution < 1.29 is 0 Å². The molecule has 1 aromatic carbocycles. The van der Waals surface area contributed by atoms with Crippen LogP contribution in [0.5, 0.6) is 0 Å². The number of aromatic nitrogens is 3. The Labute approximate surface area is 115 Å². The van der Waals surface area contributed by atoms with Gasteiger partial charge in [0.05, 0.1) is 34.6 Å². The van der Waals surface area contributed by atoms with Crippen molar-refractivity contribution in [2.45, 2.75) is 6.92 Å². The first-order chi connectivity index (χ1) is 9.61. The van der Waals surface area contributed by atoms with Crippen LogP contribution >= 0.6 is 0 Å². The Morgan fingerprint density at radius 2 is 2.00 bits per heavy atom. The Kier molecular flexibility index (Phi) is 2.65. The Morgan fingerprint density at radius 1 is 1.20 bits per heavy atom. The SMILES string of the molecule is Cc1ccc(-n2c(=O)n(C)c3cc(C#N)ccc32)cn1. The summed E-state index contributed by atoms with van der Waals surface area (Å²) >= 11 is 0. The van der Waals surface area contributed by atoms with E-state index in [0.717, 1.165) is 22.4 Å². The fourth-order valence-corrected chi connectivity index (χ4v) is 2.25. The van der Waals surface area contributed by atoms with Gasteiger partial charge in [-0.05, 0) is 37.3 Å². The Morgan fingerprint density at radius 3 is 2.65 bits per heavy atom. The molecular weight excluding hydrogens is 252 g/mol. The zero-order valence-corrected chi connectivity index (χ0v) is 11.2. The third-order valence-electron chi connectivity index (χ3n) is 3.34. The van der Waals surface area contributed by atoms with Crippen LogP contribution in [0.1, 0.15) is 11.3 Å². The van der Waals surface area contributed by atoms with Gasteiger partial charge in [0.25, 0.3) is 0 Å². The molecule has 0 spiro atoms. The van der Waals surface area contributed by atoms with E-state index in [2.05, 4.69) is 11.1 Å². The molecule has 3 aromatic rings. The minimum atomic E-state index is -0.152. The van der Waals surface area contributed by atoms with Crippen LogP contribution in [-0.2, 0) is 7.05 Å². The van der Waals surface area contributed by atoms with Gasteiger partial charge in [-0.1, -0.05) is 0 Å². The van der Waals surface area contributed by atoms with Crippen molar-refractivity contribution in [1.29, 1.82) is 5.26 Å². The predicted molar refractivity (Wildman–Crippen MR) is 75.8 cm³/mol. The highest BCUT2D eigenvalue weighted by Gasteiger charge is 2.12. The van der Waals surface area contributed by atoms with Gasteiger partial charge < -0.3 is 0 Å². The molecule has 5 nitrogen and oxygen atoms in total. The lowest BCUT2D eigenvalue weighted by Crippen LogP contribution is -2.20. The molecule has 3 rings (SSSR count). The number of fused-ring (bicyclic) bond motifs is 1. The van der Waals surface area contributed by atoms with Gasteiger partial charge in [0.1, 0.15) is 0 Å². The molecule has 2 heterocycles. The summed E-state index contributed by atoms with van der Waals surface area (Å²) in [6.07, 6.45) is 1.67. The smallest absolute Gasteiger partial charge is 0.295 e. The first-order valence-electron chi connectivity index (χ1n) is 6.16. The van der Waals surface area contributed by atoms with Crippen LogP contribution in [-0.4, -0.2) is 14.1 Å². The quantitative estimate of drug-likeness (QED) is 0.674. The van der Waals surface area contributed by atoms with E-state index in [4.69, 9.17) is 5.26 Å². The van der Waals surface area contributed by atoms with E-state index in [-0.39, 0.29) is 5.69 Å². The van der Waals surface area contributed by atoms with Crippen molar-refractivity contribution in [2.75, 3.05) is 0 Å². The van der Waals surface area contributed by atoms with Gasteiger partial charge in [0.15, 0.2) is 0 Å². The first-order valence-corrected chi connectivity index (χ1v) is 6.16. The highest BCUT2D eigenvalue weighted by Crippen LogP contribution is 2.18. The third kappa shape index (κ3) is 1.70. The molecule has 0 aliphatic rings. The average molecular weight is 264 g/mol. The summed E-state index contributed by atoms with van der Waals surface area (Å²) in [6, 6.07) is 11.0. The molecule has 0 aliphatic carbocycles.